The number of rotatable bonds is 3. The molecule has 4 heteroatoms. The fourth-order valence-electron chi connectivity index (χ4n) is 1.75. The Hall–Kier alpha value is -2.23. The van der Waals surface area contributed by atoms with Crippen LogP contribution in [0.1, 0.15) is 24.2 Å². The molecule has 1 heterocycles. The number of hydrogen-bond acceptors (Lipinski definition) is 3. The Bertz CT molecular complexity index is 511. The van der Waals surface area contributed by atoms with Gasteiger partial charge in [0.1, 0.15) is 12.1 Å². The molecule has 0 atom stereocenters. The summed E-state index contributed by atoms with van der Waals surface area (Å²) in [6.45, 7) is 3.92. The van der Waals surface area contributed by atoms with Crippen molar-refractivity contribution in [2.75, 3.05) is 4.90 Å². The van der Waals surface area contributed by atoms with E-state index in [0.717, 1.165) is 0 Å². The lowest BCUT2D eigenvalue weighted by Gasteiger charge is -2.25. The molecule has 0 N–H and O–H groups in total. The van der Waals surface area contributed by atoms with Gasteiger partial charge in [0, 0.05) is 17.8 Å². The molecule has 18 heavy (non-hydrogen) atoms. The molecule has 1 aromatic carbocycles. The minimum Gasteiger partial charge on any atom is -0.290 e. The van der Waals surface area contributed by atoms with E-state index in [0.29, 0.717) is 11.4 Å². The number of aromatic nitrogens is 2. The third kappa shape index (κ3) is 2.53. The smallest absolute Gasteiger partial charge is 0.259 e. The van der Waals surface area contributed by atoms with Crippen molar-refractivity contribution in [2.24, 2.45) is 0 Å². The van der Waals surface area contributed by atoms with E-state index >= 15 is 0 Å². The molecular formula is C14H15N3O. The zero-order valence-corrected chi connectivity index (χ0v) is 10.4. The van der Waals surface area contributed by atoms with E-state index in [9.17, 15) is 4.79 Å². The number of carbonyl (C=O) groups is 1. The molecule has 0 saturated carbocycles. The van der Waals surface area contributed by atoms with Crippen LogP contribution in [0.4, 0.5) is 5.82 Å². The molecule has 0 aliphatic carbocycles. The van der Waals surface area contributed by atoms with E-state index < -0.39 is 0 Å². The maximum atomic E-state index is 12.5. The lowest BCUT2D eigenvalue weighted by molar-refractivity contribution is 0.0979. The molecule has 0 radical (unpaired) electrons. The Morgan fingerprint density at radius 1 is 1.17 bits per heavy atom. The second-order valence-electron chi connectivity index (χ2n) is 4.20. The van der Waals surface area contributed by atoms with Crippen LogP contribution in [0.15, 0.2) is 48.9 Å². The molecule has 2 rings (SSSR count). The Morgan fingerprint density at radius 2 is 1.89 bits per heavy atom. The topological polar surface area (TPSA) is 46.1 Å². The number of anilines is 1. The maximum absolute atomic E-state index is 12.5. The summed E-state index contributed by atoms with van der Waals surface area (Å²) in [7, 11) is 0. The van der Waals surface area contributed by atoms with Crippen LogP contribution in [0, 0.1) is 0 Å². The van der Waals surface area contributed by atoms with Crippen LogP contribution in [0.2, 0.25) is 0 Å². The minimum absolute atomic E-state index is 0.0348. The molecule has 0 aliphatic rings. The Labute approximate surface area is 106 Å². The molecule has 0 bridgehead atoms. The van der Waals surface area contributed by atoms with Crippen molar-refractivity contribution in [3.05, 3.63) is 54.5 Å². The van der Waals surface area contributed by atoms with Gasteiger partial charge < -0.3 is 0 Å². The summed E-state index contributed by atoms with van der Waals surface area (Å²) < 4.78 is 0. The van der Waals surface area contributed by atoms with Gasteiger partial charge >= 0.3 is 0 Å². The standard InChI is InChI=1S/C14H15N3O/c1-11(2)17(13-8-9-15-10-16-13)14(18)12-6-4-3-5-7-12/h3-11H,1-2H3. The molecule has 0 unspecified atom stereocenters. The number of amides is 1. The summed E-state index contributed by atoms with van der Waals surface area (Å²) in [5, 5.41) is 0. The molecule has 2 aromatic rings. The van der Waals surface area contributed by atoms with Crippen LogP contribution in [0.3, 0.4) is 0 Å². The van der Waals surface area contributed by atoms with Crippen LogP contribution in [-0.4, -0.2) is 21.9 Å². The normalized spacial score (nSPS) is 10.4. The van der Waals surface area contributed by atoms with Crippen molar-refractivity contribution in [1.29, 1.82) is 0 Å². The lowest BCUT2D eigenvalue weighted by Crippen LogP contribution is -2.37. The summed E-state index contributed by atoms with van der Waals surface area (Å²) in [4.78, 5) is 22.1. The second kappa shape index (κ2) is 5.40. The summed E-state index contributed by atoms with van der Waals surface area (Å²) >= 11 is 0. The van der Waals surface area contributed by atoms with E-state index in [4.69, 9.17) is 0 Å². The van der Waals surface area contributed by atoms with E-state index in [2.05, 4.69) is 9.97 Å². The largest absolute Gasteiger partial charge is 0.290 e. The summed E-state index contributed by atoms with van der Waals surface area (Å²) in [6, 6.07) is 11.0. The van der Waals surface area contributed by atoms with Crippen molar-refractivity contribution < 1.29 is 4.79 Å². The molecule has 0 aliphatic heterocycles. The number of nitrogens with zero attached hydrogens (tertiary/aromatic N) is 3. The SMILES string of the molecule is CC(C)N(C(=O)c1ccccc1)c1ccncn1. The summed E-state index contributed by atoms with van der Waals surface area (Å²) in [6.07, 6.45) is 3.08. The zero-order valence-electron chi connectivity index (χ0n) is 10.4. The van der Waals surface area contributed by atoms with Gasteiger partial charge in [-0.15, -0.1) is 0 Å². The van der Waals surface area contributed by atoms with Gasteiger partial charge in [-0.25, -0.2) is 9.97 Å². The highest BCUT2D eigenvalue weighted by Gasteiger charge is 2.21. The van der Waals surface area contributed by atoms with Crippen LogP contribution in [0.5, 0.6) is 0 Å². The average Bonchev–Trinajstić information content (AvgIpc) is 2.40. The van der Waals surface area contributed by atoms with E-state index in [1.54, 1.807) is 29.3 Å². The highest BCUT2D eigenvalue weighted by Crippen LogP contribution is 2.16. The van der Waals surface area contributed by atoms with Crippen molar-refractivity contribution >= 4 is 11.7 Å². The molecular weight excluding hydrogens is 226 g/mol. The van der Waals surface area contributed by atoms with Gasteiger partial charge in [-0.1, -0.05) is 18.2 Å². The quantitative estimate of drug-likeness (QED) is 0.829. The van der Waals surface area contributed by atoms with Crippen LogP contribution < -0.4 is 4.90 Å². The van der Waals surface area contributed by atoms with Crippen LogP contribution in [-0.2, 0) is 0 Å². The first-order chi connectivity index (χ1) is 8.70. The first-order valence-electron chi connectivity index (χ1n) is 5.85. The first-order valence-corrected chi connectivity index (χ1v) is 5.85. The predicted molar refractivity (Wildman–Crippen MR) is 70.4 cm³/mol. The van der Waals surface area contributed by atoms with Crippen molar-refractivity contribution in [3.8, 4) is 0 Å². The average molecular weight is 241 g/mol. The van der Waals surface area contributed by atoms with E-state index in [1.165, 1.54) is 6.33 Å². The lowest BCUT2D eigenvalue weighted by atomic mass is 10.1. The molecule has 0 spiro atoms. The first kappa shape index (κ1) is 12.2. The Morgan fingerprint density at radius 3 is 2.44 bits per heavy atom. The van der Waals surface area contributed by atoms with E-state index in [1.807, 2.05) is 32.0 Å². The Balaban J connectivity index is 2.35. The molecule has 92 valence electrons. The van der Waals surface area contributed by atoms with Crippen molar-refractivity contribution in [3.63, 3.8) is 0 Å². The number of hydrogen-bond donors (Lipinski definition) is 0. The summed E-state index contributed by atoms with van der Waals surface area (Å²) in [5.74, 6) is 0.568. The van der Waals surface area contributed by atoms with Crippen LogP contribution in [0.25, 0.3) is 0 Å². The fourth-order valence-corrected chi connectivity index (χ4v) is 1.75. The fraction of sp³-hybridized carbons (Fsp3) is 0.214. The molecule has 4 nitrogen and oxygen atoms in total. The molecule has 1 amide bonds. The minimum atomic E-state index is -0.0516. The van der Waals surface area contributed by atoms with Gasteiger partial charge in [0.05, 0.1) is 0 Å². The third-order valence-corrected chi connectivity index (χ3v) is 2.57. The molecule has 0 saturated heterocycles. The number of carbonyl (C=O) groups excluding carboxylic acids is 1. The highest BCUT2D eigenvalue weighted by atomic mass is 16.2. The van der Waals surface area contributed by atoms with Gasteiger partial charge in [-0.05, 0) is 32.0 Å². The third-order valence-electron chi connectivity index (χ3n) is 2.57. The van der Waals surface area contributed by atoms with E-state index in [-0.39, 0.29) is 11.9 Å². The van der Waals surface area contributed by atoms with Gasteiger partial charge in [0.15, 0.2) is 0 Å². The number of benzene rings is 1. The van der Waals surface area contributed by atoms with Gasteiger partial charge in [0.25, 0.3) is 5.91 Å². The zero-order chi connectivity index (χ0) is 13.0. The van der Waals surface area contributed by atoms with Gasteiger partial charge in [-0.3, -0.25) is 9.69 Å². The van der Waals surface area contributed by atoms with Crippen molar-refractivity contribution in [2.45, 2.75) is 19.9 Å². The highest BCUT2D eigenvalue weighted by molar-refractivity contribution is 6.05. The monoisotopic (exact) mass is 241 g/mol. The van der Waals surface area contributed by atoms with Gasteiger partial charge in [0.2, 0.25) is 0 Å². The summed E-state index contributed by atoms with van der Waals surface area (Å²) in [5.41, 5.74) is 0.657. The van der Waals surface area contributed by atoms with Crippen LogP contribution >= 0.6 is 0 Å². The maximum Gasteiger partial charge on any atom is 0.259 e. The predicted octanol–water partition coefficient (Wildman–Crippen LogP) is 2.53. The Kier molecular flexibility index (Phi) is 3.67. The molecule has 1 aromatic heterocycles. The molecule has 0 fully saturated rings. The van der Waals surface area contributed by atoms with Crippen molar-refractivity contribution in [1.82, 2.24) is 9.97 Å². The van der Waals surface area contributed by atoms with Gasteiger partial charge in [-0.2, -0.15) is 0 Å². The second-order valence-corrected chi connectivity index (χ2v) is 4.20.